The molecule has 1 atom stereocenters. The summed E-state index contributed by atoms with van der Waals surface area (Å²) in [7, 11) is 0. The van der Waals surface area contributed by atoms with Crippen molar-refractivity contribution in [3.05, 3.63) is 47.4 Å². The predicted molar refractivity (Wildman–Crippen MR) is 110 cm³/mol. The number of fused-ring (bicyclic) bond motifs is 1. The van der Waals surface area contributed by atoms with Crippen LogP contribution in [0.25, 0.3) is 0 Å². The minimum atomic E-state index is -0.195. The number of hydrogen-bond donors (Lipinski definition) is 0. The van der Waals surface area contributed by atoms with Gasteiger partial charge in [0.2, 0.25) is 0 Å². The summed E-state index contributed by atoms with van der Waals surface area (Å²) in [5, 5.41) is 0. The van der Waals surface area contributed by atoms with Crippen molar-refractivity contribution < 1.29 is 14.2 Å². The topological polar surface area (TPSA) is 69.1 Å². The van der Waals surface area contributed by atoms with Crippen LogP contribution in [0.3, 0.4) is 0 Å². The fraction of sp³-hybridized carbons (Fsp3) is 0.500. The first-order valence-corrected chi connectivity index (χ1v) is 10.3. The van der Waals surface area contributed by atoms with Gasteiger partial charge in [-0.3, -0.25) is 4.99 Å². The molecule has 2 aromatic rings. The van der Waals surface area contributed by atoms with Gasteiger partial charge in [-0.2, -0.15) is 0 Å². The highest BCUT2D eigenvalue weighted by molar-refractivity contribution is 6.14. The number of rotatable bonds is 5. The first kappa shape index (κ1) is 18.5. The molecule has 7 heteroatoms. The van der Waals surface area contributed by atoms with Gasteiger partial charge in [0.15, 0.2) is 5.60 Å². The third-order valence-corrected chi connectivity index (χ3v) is 5.91. The maximum atomic E-state index is 6.29. The van der Waals surface area contributed by atoms with E-state index < -0.39 is 0 Å². The van der Waals surface area contributed by atoms with Gasteiger partial charge in [-0.1, -0.05) is 13.0 Å². The van der Waals surface area contributed by atoms with Crippen LogP contribution in [0.4, 0.5) is 5.82 Å². The lowest BCUT2D eigenvalue weighted by Crippen LogP contribution is -2.53. The van der Waals surface area contributed by atoms with Crippen molar-refractivity contribution in [1.29, 1.82) is 0 Å². The first-order valence-electron chi connectivity index (χ1n) is 10.3. The molecule has 4 heterocycles. The smallest absolute Gasteiger partial charge is 0.155 e. The Morgan fingerprint density at radius 3 is 2.90 bits per heavy atom. The summed E-state index contributed by atoms with van der Waals surface area (Å²) in [6, 6.07) is 8.27. The van der Waals surface area contributed by atoms with Crippen molar-refractivity contribution in [2.24, 2.45) is 4.99 Å². The van der Waals surface area contributed by atoms with Crippen molar-refractivity contribution in [2.45, 2.75) is 38.5 Å². The van der Waals surface area contributed by atoms with Crippen molar-refractivity contribution in [1.82, 2.24) is 9.97 Å². The number of nitrogens with zero attached hydrogens (tertiary/aromatic N) is 4. The molecule has 0 aliphatic carbocycles. The minimum absolute atomic E-state index is 0.195. The second kappa shape index (κ2) is 7.39. The van der Waals surface area contributed by atoms with Gasteiger partial charge in [0.25, 0.3) is 0 Å². The lowest BCUT2D eigenvalue weighted by Gasteiger charge is -2.40. The molecule has 0 saturated carbocycles. The van der Waals surface area contributed by atoms with Crippen LogP contribution in [-0.2, 0) is 16.0 Å². The zero-order chi connectivity index (χ0) is 19.8. The fourth-order valence-corrected chi connectivity index (χ4v) is 4.04. The van der Waals surface area contributed by atoms with E-state index in [0.29, 0.717) is 26.4 Å². The number of morpholine rings is 1. The molecule has 7 nitrogen and oxygen atoms in total. The van der Waals surface area contributed by atoms with Gasteiger partial charge < -0.3 is 19.1 Å². The average molecular weight is 394 g/mol. The Kier molecular flexibility index (Phi) is 4.72. The van der Waals surface area contributed by atoms with Gasteiger partial charge >= 0.3 is 0 Å². The largest absolute Gasteiger partial charge is 0.482 e. The van der Waals surface area contributed by atoms with Crippen LogP contribution in [0.1, 0.15) is 37.1 Å². The van der Waals surface area contributed by atoms with Crippen molar-refractivity contribution in [3.63, 3.8) is 0 Å². The normalized spacial score (nSPS) is 22.6. The highest BCUT2D eigenvalue weighted by Gasteiger charge is 2.39. The molecule has 2 saturated heterocycles. The number of hydrogen-bond acceptors (Lipinski definition) is 7. The van der Waals surface area contributed by atoms with E-state index in [-0.39, 0.29) is 11.7 Å². The summed E-state index contributed by atoms with van der Waals surface area (Å²) >= 11 is 0. The summed E-state index contributed by atoms with van der Waals surface area (Å²) in [6.45, 7) is 8.57. The number of aliphatic imine (C=N–C) groups is 1. The molecule has 1 aromatic heterocycles. The third-order valence-electron chi connectivity index (χ3n) is 5.91. The van der Waals surface area contributed by atoms with E-state index in [2.05, 4.69) is 40.8 Å². The lowest BCUT2D eigenvalue weighted by molar-refractivity contribution is -0.162. The number of ether oxygens (including phenoxy) is 3. The Bertz CT molecular complexity index is 936. The van der Waals surface area contributed by atoms with Gasteiger partial charge in [0, 0.05) is 24.7 Å². The van der Waals surface area contributed by atoms with Crippen molar-refractivity contribution >= 4 is 11.5 Å². The average Bonchev–Trinajstić information content (AvgIpc) is 3.14. The minimum Gasteiger partial charge on any atom is -0.482 e. The van der Waals surface area contributed by atoms with E-state index in [9.17, 15) is 0 Å². The van der Waals surface area contributed by atoms with Gasteiger partial charge in [-0.25, -0.2) is 9.97 Å². The van der Waals surface area contributed by atoms with E-state index in [0.717, 1.165) is 48.0 Å². The molecule has 1 aromatic carbocycles. The molecule has 3 aliphatic rings. The highest BCUT2D eigenvalue weighted by atomic mass is 16.6. The van der Waals surface area contributed by atoms with E-state index in [1.807, 2.05) is 12.1 Å². The molecule has 0 bridgehead atoms. The summed E-state index contributed by atoms with van der Waals surface area (Å²) in [5.74, 6) is 1.78. The van der Waals surface area contributed by atoms with Crippen LogP contribution in [0, 0.1) is 0 Å². The van der Waals surface area contributed by atoms with Gasteiger partial charge in [-0.05, 0) is 31.0 Å². The van der Waals surface area contributed by atoms with Crippen LogP contribution < -0.4 is 9.64 Å². The fourth-order valence-electron chi connectivity index (χ4n) is 4.04. The van der Waals surface area contributed by atoms with Crippen LogP contribution >= 0.6 is 0 Å². The molecular formula is C22H26N4O3. The second-order valence-corrected chi connectivity index (χ2v) is 8.00. The summed E-state index contributed by atoms with van der Waals surface area (Å²) in [4.78, 5) is 16.0. The van der Waals surface area contributed by atoms with E-state index in [4.69, 9.17) is 19.2 Å². The van der Waals surface area contributed by atoms with E-state index in [1.54, 1.807) is 6.33 Å². The summed E-state index contributed by atoms with van der Waals surface area (Å²) in [6.07, 6.45) is 2.76. The highest BCUT2D eigenvalue weighted by Crippen LogP contribution is 2.32. The molecule has 152 valence electrons. The molecule has 29 heavy (non-hydrogen) atoms. The van der Waals surface area contributed by atoms with Crippen molar-refractivity contribution in [3.8, 4) is 5.75 Å². The monoisotopic (exact) mass is 394 g/mol. The molecule has 5 rings (SSSR count). The maximum absolute atomic E-state index is 6.29. The second-order valence-electron chi connectivity index (χ2n) is 8.00. The molecule has 2 fully saturated rings. The third kappa shape index (κ3) is 3.49. The van der Waals surface area contributed by atoms with Crippen LogP contribution in [0.2, 0.25) is 0 Å². The van der Waals surface area contributed by atoms with Gasteiger partial charge in [-0.15, -0.1) is 0 Å². The zero-order valence-electron chi connectivity index (χ0n) is 16.9. The molecule has 3 aliphatic heterocycles. The Morgan fingerprint density at radius 2 is 2.14 bits per heavy atom. The Labute approximate surface area is 170 Å². The lowest BCUT2D eigenvalue weighted by atomic mass is 9.98. The predicted octanol–water partition coefficient (Wildman–Crippen LogP) is 2.61. The molecule has 0 amide bonds. The van der Waals surface area contributed by atoms with Gasteiger partial charge in [0.05, 0.1) is 43.9 Å². The number of anilines is 1. The van der Waals surface area contributed by atoms with Gasteiger partial charge in [0.1, 0.15) is 17.9 Å². The Morgan fingerprint density at radius 1 is 1.24 bits per heavy atom. The number of aromatic nitrogens is 2. The van der Waals surface area contributed by atoms with Crippen LogP contribution in [0.5, 0.6) is 5.75 Å². The molecule has 0 unspecified atom stereocenters. The number of benzene rings is 1. The SMILES string of the molecule is CCC1(Oc2ccc3c(c2)C(c2cc(N4CCO[C@H](C)C4)ncn2)=NC3)COC1. The molecular weight excluding hydrogens is 368 g/mol. The van der Waals surface area contributed by atoms with Crippen molar-refractivity contribution in [2.75, 3.05) is 37.8 Å². The van der Waals surface area contributed by atoms with E-state index in [1.165, 1.54) is 5.56 Å². The summed E-state index contributed by atoms with van der Waals surface area (Å²) < 4.78 is 17.3. The Balaban J connectivity index is 1.41. The zero-order valence-corrected chi connectivity index (χ0v) is 16.9. The summed E-state index contributed by atoms with van der Waals surface area (Å²) in [5.41, 5.74) is 3.85. The van der Waals surface area contributed by atoms with E-state index >= 15 is 0 Å². The first-order chi connectivity index (χ1) is 14.2. The molecule has 0 spiro atoms. The van der Waals surface area contributed by atoms with Crippen LogP contribution in [-0.4, -0.2) is 60.3 Å². The quantitative estimate of drug-likeness (QED) is 0.777. The standard InChI is InChI=1S/C22H26N4O3/c1-3-22(12-27-13-22)29-17-5-4-16-10-23-21(18(16)8-17)19-9-20(25-14-24-19)26-6-7-28-15(2)11-26/h4-5,8-9,14-15H,3,6-7,10-13H2,1-2H3/t15-/m1/s1. The van der Waals surface area contributed by atoms with Crippen LogP contribution in [0.15, 0.2) is 35.6 Å². The maximum Gasteiger partial charge on any atom is 0.155 e. The Hall–Kier alpha value is -2.51. The molecule has 0 radical (unpaired) electrons. The molecule has 0 N–H and O–H groups in total.